The molecule has 22 heavy (non-hydrogen) atoms. The molecule has 2 atom stereocenters. The zero-order valence-corrected chi connectivity index (χ0v) is 13.7. The number of likely N-dealkylation sites (tertiary alicyclic amines) is 1. The smallest absolute Gasteiger partial charge is 0.317 e. The average Bonchev–Trinajstić information content (AvgIpc) is 3.05. The number of nitrogens with one attached hydrogen (secondary N) is 1. The lowest BCUT2D eigenvalue weighted by molar-refractivity contribution is 0.189. The Kier molecular flexibility index (Phi) is 6.25. The highest BCUT2D eigenvalue weighted by Gasteiger charge is 2.29. The van der Waals surface area contributed by atoms with Gasteiger partial charge in [0.15, 0.2) is 0 Å². The van der Waals surface area contributed by atoms with Crippen LogP contribution < -0.4 is 5.32 Å². The van der Waals surface area contributed by atoms with Crippen molar-refractivity contribution in [1.82, 2.24) is 10.2 Å². The van der Waals surface area contributed by atoms with E-state index in [0.29, 0.717) is 12.5 Å². The van der Waals surface area contributed by atoms with Gasteiger partial charge in [0.05, 0.1) is 6.04 Å². The lowest BCUT2D eigenvalue weighted by Gasteiger charge is -2.29. The molecule has 4 heteroatoms. The van der Waals surface area contributed by atoms with Gasteiger partial charge >= 0.3 is 6.03 Å². The fourth-order valence-electron chi connectivity index (χ4n) is 3.28. The van der Waals surface area contributed by atoms with Crippen molar-refractivity contribution in [2.45, 2.75) is 39.2 Å². The lowest BCUT2D eigenvalue weighted by Crippen LogP contribution is -2.42. The van der Waals surface area contributed by atoms with Crippen molar-refractivity contribution in [3.8, 4) is 0 Å². The Morgan fingerprint density at radius 3 is 2.55 bits per heavy atom. The molecule has 0 bridgehead atoms. The van der Waals surface area contributed by atoms with Crippen LogP contribution in [0.25, 0.3) is 0 Å². The highest BCUT2D eigenvalue weighted by molar-refractivity contribution is 5.75. The van der Waals surface area contributed by atoms with Crippen LogP contribution in [-0.4, -0.2) is 35.7 Å². The van der Waals surface area contributed by atoms with Crippen LogP contribution in [0.1, 0.15) is 44.7 Å². The maximum Gasteiger partial charge on any atom is 0.317 e. The molecule has 1 aliphatic rings. The third kappa shape index (κ3) is 4.01. The largest absolute Gasteiger partial charge is 0.396 e. The normalized spacial score (nSPS) is 19.5. The number of rotatable bonds is 6. The van der Waals surface area contributed by atoms with E-state index in [4.69, 9.17) is 0 Å². The standard InChI is InChI=1S/C18H28N2O2/c1-3-15(4-2)17(16-8-6-5-7-9-16)19-18(22)20-11-10-14(12-20)13-21/h5-9,14-15,17,21H,3-4,10-13H2,1-2H3,(H,19,22). The summed E-state index contributed by atoms with van der Waals surface area (Å²) in [5.74, 6) is 0.664. The average molecular weight is 304 g/mol. The number of aliphatic hydroxyl groups is 1. The van der Waals surface area contributed by atoms with Gasteiger partial charge in [-0.2, -0.15) is 0 Å². The third-order valence-corrected chi connectivity index (χ3v) is 4.79. The van der Waals surface area contributed by atoms with Crippen LogP contribution in [0.5, 0.6) is 0 Å². The molecule has 2 rings (SSSR count). The second-order valence-corrected chi connectivity index (χ2v) is 6.20. The molecular formula is C18H28N2O2. The van der Waals surface area contributed by atoms with Crippen molar-refractivity contribution < 1.29 is 9.90 Å². The Balaban J connectivity index is 2.08. The molecule has 0 radical (unpaired) electrons. The summed E-state index contributed by atoms with van der Waals surface area (Å²) in [5.41, 5.74) is 1.17. The number of hydrogen-bond acceptors (Lipinski definition) is 2. The zero-order valence-electron chi connectivity index (χ0n) is 13.7. The number of nitrogens with zero attached hydrogens (tertiary/aromatic N) is 1. The number of aliphatic hydroxyl groups excluding tert-OH is 1. The molecular weight excluding hydrogens is 276 g/mol. The van der Waals surface area contributed by atoms with E-state index in [1.54, 1.807) is 0 Å². The van der Waals surface area contributed by atoms with Gasteiger partial charge in [-0.05, 0) is 17.9 Å². The molecule has 1 heterocycles. The first-order chi connectivity index (χ1) is 10.7. The fraction of sp³-hybridized carbons (Fsp3) is 0.611. The van der Waals surface area contributed by atoms with E-state index in [1.807, 2.05) is 23.1 Å². The van der Waals surface area contributed by atoms with Gasteiger partial charge < -0.3 is 15.3 Å². The molecule has 2 N–H and O–H groups in total. The Hall–Kier alpha value is -1.55. The van der Waals surface area contributed by atoms with Crippen molar-refractivity contribution in [3.63, 3.8) is 0 Å². The summed E-state index contributed by atoms with van der Waals surface area (Å²) in [6.07, 6.45) is 2.97. The second kappa shape index (κ2) is 8.18. The zero-order chi connectivity index (χ0) is 15.9. The Labute approximate surface area is 133 Å². The van der Waals surface area contributed by atoms with Gasteiger partial charge in [0.2, 0.25) is 0 Å². The van der Waals surface area contributed by atoms with Gasteiger partial charge in [0.1, 0.15) is 0 Å². The summed E-state index contributed by atoms with van der Waals surface area (Å²) in [7, 11) is 0. The summed E-state index contributed by atoms with van der Waals surface area (Å²) in [6.45, 7) is 5.91. The van der Waals surface area contributed by atoms with Crippen LogP contribution in [0.2, 0.25) is 0 Å². The van der Waals surface area contributed by atoms with Crippen LogP contribution in [0.15, 0.2) is 30.3 Å². The van der Waals surface area contributed by atoms with E-state index in [1.165, 1.54) is 5.56 Å². The van der Waals surface area contributed by atoms with Crippen LogP contribution in [-0.2, 0) is 0 Å². The summed E-state index contributed by atoms with van der Waals surface area (Å²) in [4.78, 5) is 14.4. The SMILES string of the molecule is CCC(CC)C(NC(=O)N1CCC(CO)C1)c1ccccc1. The predicted molar refractivity (Wildman–Crippen MR) is 88.6 cm³/mol. The van der Waals surface area contributed by atoms with E-state index < -0.39 is 0 Å². The Bertz CT molecular complexity index is 459. The summed E-state index contributed by atoms with van der Waals surface area (Å²) in [5, 5.41) is 12.5. The monoisotopic (exact) mass is 304 g/mol. The number of amides is 2. The van der Waals surface area contributed by atoms with E-state index in [0.717, 1.165) is 25.8 Å². The molecule has 1 aromatic rings. The first kappa shape index (κ1) is 16.8. The molecule has 0 aromatic heterocycles. The molecule has 2 amide bonds. The molecule has 1 aromatic carbocycles. The number of hydrogen-bond donors (Lipinski definition) is 2. The minimum atomic E-state index is -0.00305. The number of urea groups is 1. The van der Waals surface area contributed by atoms with Gasteiger partial charge in [0, 0.05) is 25.6 Å². The molecule has 0 aliphatic carbocycles. The minimum absolute atomic E-state index is 0.00305. The first-order valence-corrected chi connectivity index (χ1v) is 8.40. The summed E-state index contributed by atoms with van der Waals surface area (Å²) >= 11 is 0. The molecule has 0 saturated carbocycles. The van der Waals surface area contributed by atoms with Crippen LogP contribution in [0.4, 0.5) is 4.79 Å². The third-order valence-electron chi connectivity index (χ3n) is 4.79. The van der Waals surface area contributed by atoms with Crippen LogP contribution >= 0.6 is 0 Å². The van der Waals surface area contributed by atoms with Crippen molar-refractivity contribution in [1.29, 1.82) is 0 Å². The summed E-state index contributed by atoms with van der Waals surface area (Å²) in [6, 6.07) is 10.3. The molecule has 2 unspecified atom stereocenters. The van der Waals surface area contributed by atoms with Crippen molar-refractivity contribution in [2.75, 3.05) is 19.7 Å². The van der Waals surface area contributed by atoms with E-state index in [-0.39, 0.29) is 24.6 Å². The maximum atomic E-state index is 12.6. The molecule has 0 spiro atoms. The molecule has 1 saturated heterocycles. The molecule has 1 aliphatic heterocycles. The lowest BCUT2D eigenvalue weighted by atomic mass is 9.89. The van der Waals surface area contributed by atoms with Gasteiger partial charge in [-0.25, -0.2) is 4.79 Å². The van der Waals surface area contributed by atoms with Crippen molar-refractivity contribution in [3.05, 3.63) is 35.9 Å². The number of benzene rings is 1. The van der Waals surface area contributed by atoms with Crippen LogP contribution in [0, 0.1) is 11.8 Å². The van der Waals surface area contributed by atoms with Gasteiger partial charge in [-0.15, -0.1) is 0 Å². The number of carbonyl (C=O) groups is 1. The van der Waals surface area contributed by atoms with Crippen LogP contribution in [0.3, 0.4) is 0 Å². The predicted octanol–water partition coefficient (Wildman–Crippen LogP) is 3.19. The summed E-state index contributed by atoms with van der Waals surface area (Å²) < 4.78 is 0. The van der Waals surface area contributed by atoms with Crippen molar-refractivity contribution in [2.24, 2.45) is 11.8 Å². The highest BCUT2D eigenvalue weighted by atomic mass is 16.3. The van der Waals surface area contributed by atoms with Crippen molar-refractivity contribution >= 4 is 6.03 Å². The number of carbonyl (C=O) groups excluding carboxylic acids is 1. The maximum absolute atomic E-state index is 12.6. The molecule has 122 valence electrons. The molecule has 4 nitrogen and oxygen atoms in total. The first-order valence-electron chi connectivity index (χ1n) is 8.40. The van der Waals surface area contributed by atoms with Gasteiger partial charge in [-0.1, -0.05) is 57.0 Å². The van der Waals surface area contributed by atoms with E-state index in [2.05, 4.69) is 31.3 Å². The molecule has 1 fully saturated rings. The van der Waals surface area contributed by atoms with E-state index in [9.17, 15) is 9.90 Å². The quantitative estimate of drug-likeness (QED) is 0.848. The fourth-order valence-corrected chi connectivity index (χ4v) is 3.28. The Morgan fingerprint density at radius 2 is 2.00 bits per heavy atom. The topological polar surface area (TPSA) is 52.6 Å². The highest BCUT2D eigenvalue weighted by Crippen LogP contribution is 2.28. The van der Waals surface area contributed by atoms with Gasteiger partial charge in [-0.3, -0.25) is 0 Å². The van der Waals surface area contributed by atoms with Gasteiger partial charge in [0.25, 0.3) is 0 Å². The Morgan fingerprint density at radius 1 is 1.32 bits per heavy atom. The van der Waals surface area contributed by atoms with E-state index >= 15 is 0 Å². The minimum Gasteiger partial charge on any atom is -0.396 e. The second-order valence-electron chi connectivity index (χ2n) is 6.20.